The van der Waals surface area contributed by atoms with Gasteiger partial charge in [-0.05, 0) is 31.9 Å². The molecule has 1 aromatic heterocycles. The van der Waals surface area contributed by atoms with E-state index >= 15 is 0 Å². The lowest BCUT2D eigenvalue weighted by atomic mass is 9.96. The van der Waals surface area contributed by atoms with Gasteiger partial charge in [-0.25, -0.2) is 0 Å². The van der Waals surface area contributed by atoms with Crippen LogP contribution in [0.3, 0.4) is 0 Å². The number of aryl methyl sites for hydroxylation is 1. The van der Waals surface area contributed by atoms with Crippen molar-refractivity contribution in [3.05, 3.63) is 46.8 Å². The number of aromatic nitrogens is 2. The molecule has 1 atom stereocenters. The minimum atomic E-state index is 0.119. The van der Waals surface area contributed by atoms with Crippen LogP contribution in [0.5, 0.6) is 5.75 Å². The van der Waals surface area contributed by atoms with E-state index in [9.17, 15) is 0 Å². The summed E-state index contributed by atoms with van der Waals surface area (Å²) >= 11 is 0. The van der Waals surface area contributed by atoms with Gasteiger partial charge in [-0.3, -0.25) is 4.68 Å². The van der Waals surface area contributed by atoms with Gasteiger partial charge in [0.25, 0.3) is 0 Å². The molecule has 0 aliphatic carbocycles. The topological polar surface area (TPSA) is 59.3 Å². The molecule has 5 nitrogen and oxygen atoms in total. The molecule has 0 saturated carbocycles. The SMILES string of the molecule is Cc1nn(CCO)c(C)c1CNC[C@H]1COc2ccccc2C1. The summed E-state index contributed by atoms with van der Waals surface area (Å²) < 4.78 is 7.72. The van der Waals surface area contributed by atoms with Crippen molar-refractivity contribution in [2.45, 2.75) is 33.4 Å². The fraction of sp³-hybridized carbons (Fsp3) is 0.500. The Morgan fingerprint density at radius 3 is 3.00 bits per heavy atom. The van der Waals surface area contributed by atoms with Crippen molar-refractivity contribution < 1.29 is 9.84 Å². The van der Waals surface area contributed by atoms with Gasteiger partial charge in [0.15, 0.2) is 0 Å². The number of para-hydroxylation sites is 1. The first-order chi connectivity index (χ1) is 11.2. The fourth-order valence-corrected chi connectivity index (χ4v) is 3.23. The lowest BCUT2D eigenvalue weighted by Crippen LogP contribution is -2.31. The van der Waals surface area contributed by atoms with E-state index in [1.807, 2.05) is 23.7 Å². The molecule has 5 heteroatoms. The molecule has 0 unspecified atom stereocenters. The van der Waals surface area contributed by atoms with E-state index in [0.717, 1.165) is 43.3 Å². The molecule has 0 saturated heterocycles. The maximum Gasteiger partial charge on any atom is 0.122 e. The van der Waals surface area contributed by atoms with Crippen molar-refractivity contribution in [3.63, 3.8) is 0 Å². The highest BCUT2D eigenvalue weighted by molar-refractivity contribution is 5.35. The van der Waals surface area contributed by atoms with E-state index < -0.39 is 0 Å². The van der Waals surface area contributed by atoms with E-state index in [1.165, 1.54) is 11.1 Å². The van der Waals surface area contributed by atoms with Crippen LogP contribution in [0.2, 0.25) is 0 Å². The van der Waals surface area contributed by atoms with Gasteiger partial charge in [-0.2, -0.15) is 5.10 Å². The van der Waals surface area contributed by atoms with Crippen LogP contribution in [-0.4, -0.2) is 34.6 Å². The second-order valence-electron chi connectivity index (χ2n) is 6.22. The molecule has 23 heavy (non-hydrogen) atoms. The Labute approximate surface area is 137 Å². The zero-order chi connectivity index (χ0) is 16.2. The monoisotopic (exact) mass is 315 g/mol. The standard InChI is InChI=1S/C18H25N3O2/c1-13-17(14(2)21(20-13)7-8-22)11-19-10-15-9-16-5-3-4-6-18(16)23-12-15/h3-6,15,19,22H,7-12H2,1-2H3/t15-/m0/s1. The summed E-state index contributed by atoms with van der Waals surface area (Å²) in [7, 11) is 0. The Balaban J connectivity index is 1.55. The predicted molar refractivity (Wildman–Crippen MR) is 89.6 cm³/mol. The number of nitrogens with one attached hydrogen (secondary N) is 1. The smallest absolute Gasteiger partial charge is 0.122 e. The van der Waals surface area contributed by atoms with Gasteiger partial charge in [0.1, 0.15) is 5.75 Å². The van der Waals surface area contributed by atoms with Crippen molar-refractivity contribution in [1.82, 2.24) is 15.1 Å². The number of aliphatic hydroxyl groups is 1. The first-order valence-electron chi connectivity index (χ1n) is 8.24. The number of rotatable bonds is 6. The second-order valence-corrected chi connectivity index (χ2v) is 6.22. The number of benzene rings is 1. The summed E-state index contributed by atoms with van der Waals surface area (Å²) in [6.07, 6.45) is 1.06. The van der Waals surface area contributed by atoms with E-state index in [2.05, 4.69) is 29.5 Å². The van der Waals surface area contributed by atoms with Crippen LogP contribution in [0, 0.1) is 19.8 Å². The lowest BCUT2D eigenvalue weighted by molar-refractivity contribution is 0.218. The summed E-state index contributed by atoms with van der Waals surface area (Å²) in [6.45, 7) is 7.27. The number of aliphatic hydroxyl groups excluding tert-OH is 1. The molecule has 124 valence electrons. The first-order valence-corrected chi connectivity index (χ1v) is 8.24. The van der Waals surface area contributed by atoms with E-state index in [4.69, 9.17) is 9.84 Å². The summed E-state index contributed by atoms with van der Waals surface area (Å²) in [5, 5.41) is 17.1. The van der Waals surface area contributed by atoms with Gasteiger partial charge in [0.05, 0.1) is 25.5 Å². The molecule has 0 fully saturated rings. The number of hydrogen-bond acceptors (Lipinski definition) is 4. The molecule has 1 aromatic carbocycles. The molecule has 0 radical (unpaired) electrons. The maximum absolute atomic E-state index is 9.08. The van der Waals surface area contributed by atoms with Crippen molar-refractivity contribution in [2.24, 2.45) is 5.92 Å². The van der Waals surface area contributed by atoms with Gasteiger partial charge in [0, 0.05) is 30.3 Å². The number of fused-ring (bicyclic) bond motifs is 1. The number of nitrogens with zero attached hydrogens (tertiary/aromatic N) is 2. The molecule has 1 aliphatic rings. The van der Waals surface area contributed by atoms with Crippen LogP contribution >= 0.6 is 0 Å². The molecule has 3 rings (SSSR count). The van der Waals surface area contributed by atoms with Crippen LogP contribution in [0.15, 0.2) is 24.3 Å². The number of ether oxygens (including phenoxy) is 1. The molecular weight excluding hydrogens is 290 g/mol. The minimum absolute atomic E-state index is 0.119. The van der Waals surface area contributed by atoms with Crippen LogP contribution < -0.4 is 10.1 Å². The highest BCUT2D eigenvalue weighted by Crippen LogP contribution is 2.26. The van der Waals surface area contributed by atoms with Crippen LogP contribution in [0.25, 0.3) is 0 Å². The van der Waals surface area contributed by atoms with Crippen LogP contribution in [0.1, 0.15) is 22.5 Å². The quantitative estimate of drug-likeness (QED) is 0.854. The molecule has 2 N–H and O–H groups in total. The third-order valence-corrected chi connectivity index (χ3v) is 4.53. The van der Waals surface area contributed by atoms with Crippen molar-refractivity contribution in [1.29, 1.82) is 0 Å². The molecule has 0 amide bonds. The normalized spacial score (nSPS) is 16.9. The molecule has 0 spiro atoms. The van der Waals surface area contributed by atoms with Crippen molar-refractivity contribution >= 4 is 0 Å². The molecule has 2 aromatic rings. The van der Waals surface area contributed by atoms with E-state index in [1.54, 1.807) is 0 Å². The zero-order valence-corrected chi connectivity index (χ0v) is 13.9. The Morgan fingerprint density at radius 2 is 2.17 bits per heavy atom. The van der Waals surface area contributed by atoms with Crippen molar-refractivity contribution in [3.8, 4) is 5.75 Å². The Morgan fingerprint density at radius 1 is 1.35 bits per heavy atom. The van der Waals surface area contributed by atoms with Gasteiger partial charge >= 0.3 is 0 Å². The van der Waals surface area contributed by atoms with Crippen LogP contribution in [-0.2, 0) is 19.5 Å². The largest absolute Gasteiger partial charge is 0.493 e. The minimum Gasteiger partial charge on any atom is -0.493 e. The average molecular weight is 315 g/mol. The average Bonchev–Trinajstić information content (AvgIpc) is 2.82. The maximum atomic E-state index is 9.08. The van der Waals surface area contributed by atoms with Crippen molar-refractivity contribution in [2.75, 3.05) is 19.8 Å². The zero-order valence-electron chi connectivity index (χ0n) is 13.9. The molecular formula is C18H25N3O2. The number of hydrogen-bond donors (Lipinski definition) is 2. The first kappa shape index (κ1) is 16.0. The Kier molecular flexibility index (Phi) is 4.98. The van der Waals surface area contributed by atoms with E-state index in [-0.39, 0.29) is 6.61 Å². The molecule has 2 heterocycles. The predicted octanol–water partition coefficient (Wildman–Crippen LogP) is 1.83. The highest BCUT2D eigenvalue weighted by atomic mass is 16.5. The second kappa shape index (κ2) is 7.15. The summed E-state index contributed by atoms with van der Waals surface area (Å²) in [5.74, 6) is 1.53. The fourth-order valence-electron chi connectivity index (χ4n) is 3.23. The summed E-state index contributed by atoms with van der Waals surface area (Å²) in [4.78, 5) is 0. The van der Waals surface area contributed by atoms with Crippen LogP contribution in [0.4, 0.5) is 0 Å². The molecule has 1 aliphatic heterocycles. The lowest BCUT2D eigenvalue weighted by Gasteiger charge is -2.25. The van der Waals surface area contributed by atoms with Gasteiger partial charge in [-0.15, -0.1) is 0 Å². The third-order valence-electron chi connectivity index (χ3n) is 4.53. The highest BCUT2D eigenvalue weighted by Gasteiger charge is 2.19. The van der Waals surface area contributed by atoms with Gasteiger partial charge in [-0.1, -0.05) is 18.2 Å². The van der Waals surface area contributed by atoms with E-state index in [0.29, 0.717) is 12.5 Å². The molecule has 0 bridgehead atoms. The van der Waals surface area contributed by atoms with Gasteiger partial charge < -0.3 is 15.2 Å². The summed E-state index contributed by atoms with van der Waals surface area (Å²) in [6, 6.07) is 8.28. The third kappa shape index (κ3) is 3.57. The summed E-state index contributed by atoms with van der Waals surface area (Å²) in [5.41, 5.74) is 4.70. The van der Waals surface area contributed by atoms with Gasteiger partial charge in [0.2, 0.25) is 0 Å². The Hall–Kier alpha value is -1.85. The Bertz CT molecular complexity index is 666.